The molecule has 3 N–H and O–H groups in total. The lowest BCUT2D eigenvalue weighted by molar-refractivity contribution is 0.835. The summed E-state index contributed by atoms with van der Waals surface area (Å²) >= 11 is 0. The van der Waals surface area contributed by atoms with Crippen LogP contribution in [0, 0.1) is 6.92 Å². The zero-order chi connectivity index (χ0) is 19.8. The van der Waals surface area contributed by atoms with Crippen LogP contribution in [0.3, 0.4) is 0 Å². The largest absolute Gasteiger partial charge is 0.338 e. The lowest BCUT2D eigenvalue weighted by atomic mass is 10.2. The van der Waals surface area contributed by atoms with Crippen molar-refractivity contribution >= 4 is 34.2 Å². The number of hydrazone groups is 1. The monoisotopic (exact) mass is 384 g/mol. The van der Waals surface area contributed by atoms with Gasteiger partial charge in [-0.05, 0) is 25.1 Å². The molecule has 3 heterocycles. The van der Waals surface area contributed by atoms with Gasteiger partial charge in [0.2, 0.25) is 0 Å². The number of para-hydroxylation sites is 2. The third kappa shape index (κ3) is 2.94. The van der Waals surface area contributed by atoms with E-state index in [1.807, 2.05) is 61.5 Å². The number of benzene rings is 2. The normalized spacial score (nSPS) is 11.6. The van der Waals surface area contributed by atoms with Crippen molar-refractivity contribution in [3.8, 4) is 5.69 Å². The van der Waals surface area contributed by atoms with Crippen LogP contribution in [0.15, 0.2) is 64.5 Å². The Labute approximate surface area is 164 Å². The summed E-state index contributed by atoms with van der Waals surface area (Å²) in [5.41, 5.74) is 6.70. The van der Waals surface area contributed by atoms with Crippen LogP contribution in [0.2, 0.25) is 0 Å². The molecule has 5 aromatic rings. The summed E-state index contributed by atoms with van der Waals surface area (Å²) in [5, 5.41) is 16.4. The highest BCUT2D eigenvalue weighted by atomic mass is 16.1. The van der Waals surface area contributed by atoms with E-state index in [0.29, 0.717) is 22.4 Å². The van der Waals surface area contributed by atoms with Crippen LogP contribution in [-0.4, -0.2) is 36.2 Å². The first-order valence-corrected chi connectivity index (χ1v) is 8.98. The quantitative estimate of drug-likeness (QED) is 0.325. The molecule has 9 heteroatoms. The number of hydrogen-bond acceptors (Lipinski definition) is 6. The molecule has 5 rings (SSSR count). The molecule has 0 bridgehead atoms. The first-order valence-electron chi connectivity index (χ1n) is 8.98. The summed E-state index contributed by atoms with van der Waals surface area (Å²) in [5.74, 6) is 0.233. The van der Waals surface area contributed by atoms with Crippen molar-refractivity contribution in [1.82, 2.24) is 29.9 Å². The van der Waals surface area contributed by atoms with Crippen LogP contribution in [0.4, 0.5) is 5.95 Å². The van der Waals surface area contributed by atoms with Crippen LogP contribution in [0.25, 0.3) is 27.8 Å². The van der Waals surface area contributed by atoms with E-state index in [-0.39, 0.29) is 11.5 Å². The zero-order valence-corrected chi connectivity index (χ0v) is 15.4. The fourth-order valence-corrected chi connectivity index (χ4v) is 3.19. The number of nitrogens with one attached hydrogen (secondary N) is 3. The SMILES string of the molecule is Cc1[nH]n(-c2ccccc2)c(=O)c1/C=N/Nc1nnc2c(n1)[nH]c1ccccc12. The third-order valence-electron chi connectivity index (χ3n) is 4.61. The fourth-order valence-electron chi connectivity index (χ4n) is 3.19. The summed E-state index contributed by atoms with van der Waals surface area (Å²) in [7, 11) is 0. The maximum absolute atomic E-state index is 12.7. The van der Waals surface area contributed by atoms with E-state index in [1.165, 1.54) is 10.9 Å². The van der Waals surface area contributed by atoms with Crippen molar-refractivity contribution in [2.75, 3.05) is 5.43 Å². The minimum Gasteiger partial charge on any atom is -0.338 e. The lowest BCUT2D eigenvalue weighted by Crippen LogP contribution is -2.17. The molecule has 0 amide bonds. The molecule has 0 spiro atoms. The Morgan fingerprint density at radius 3 is 2.72 bits per heavy atom. The van der Waals surface area contributed by atoms with E-state index in [1.54, 1.807) is 0 Å². The summed E-state index contributed by atoms with van der Waals surface area (Å²) in [6.07, 6.45) is 1.45. The van der Waals surface area contributed by atoms with E-state index < -0.39 is 0 Å². The molecule has 0 aliphatic rings. The summed E-state index contributed by atoms with van der Waals surface area (Å²) in [6.45, 7) is 1.82. The first-order chi connectivity index (χ1) is 14.2. The van der Waals surface area contributed by atoms with Gasteiger partial charge in [0.15, 0.2) is 5.65 Å². The van der Waals surface area contributed by atoms with Gasteiger partial charge in [0, 0.05) is 16.6 Å². The Hall–Kier alpha value is -4.27. The molecule has 0 saturated carbocycles. The molecule has 0 unspecified atom stereocenters. The lowest BCUT2D eigenvalue weighted by Gasteiger charge is -1.99. The highest BCUT2D eigenvalue weighted by molar-refractivity contribution is 6.03. The van der Waals surface area contributed by atoms with Crippen molar-refractivity contribution < 1.29 is 0 Å². The number of H-pyrrole nitrogens is 2. The Balaban J connectivity index is 1.42. The number of aryl methyl sites for hydroxylation is 1. The van der Waals surface area contributed by atoms with E-state index in [4.69, 9.17) is 0 Å². The Morgan fingerprint density at radius 1 is 1.07 bits per heavy atom. The number of aromatic amines is 2. The van der Waals surface area contributed by atoms with Crippen molar-refractivity contribution in [1.29, 1.82) is 0 Å². The molecule has 0 radical (unpaired) electrons. The second kappa shape index (κ2) is 6.71. The predicted molar refractivity (Wildman–Crippen MR) is 112 cm³/mol. The smallest absolute Gasteiger partial charge is 0.280 e. The molecule has 9 nitrogen and oxygen atoms in total. The second-order valence-electron chi connectivity index (χ2n) is 6.50. The topological polar surface area (TPSA) is 117 Å². The number of anilines is 1. The van der Waals surface area contributed by atoms with Gasteiger partial charge in [0.05, 0.1) is 17.5 Å². The Kier molecular flexibility index (Phi) is 3.91. The van der Waals surface area contributed by atoms with E-state index >= 15 is 0 Å². The van der Waals surface area contributed by atoms with Gasteiger partial charge in [0.1, 0.15) is 5.52 Å². The van der Waals surface area contributed by atoms with Crippen LogP contribution < -0.4 is 11.0 Å². The average Bonchev–Trinajstić information content (AvgIpc) is 3.26. The summed E-state index contributed by atoms with van der Waals surface area (Å²) in [4.78, 5) is 20.3. The minimum atomic E-state index is -0.190. The van der Waals surface area contributed by atoms with Gasteiger partial charge < -0.3 is 4.98 Å². The molecular weight excluding hydrogens is 368 g/mol. The summed E-state index contributed by atoms with van der Waals surface area (Å²) < 4.78 is 1.48. The molecule has 2 aromatic carbocycles. The van der Waals surface area contributed by atoms with Gasteiger partial charge in [-0.3, -0.25) is 9.89 Å². The minimum absolute atomic E-state index is 0.190. The molecule has 0 saturated heterocycles. The fraction of sp³-hybridized carbons (Fsp3) is 0.0500. The molecule has 0 aliphatic heterocycles. The maximum atomic E-state index is 12.7. The highest BCUT2D eigenvalue weighted by Crippen LogP contribution is 2.21. The Morgan fingerprint density at radius 2 is 1.86 bits per heavy atom. The number of fused-ring (bicyclic) bond motifs is 3. The molecule has 0 fully saturated rings. The van der Waals surface area contributed by atoms with Crippen LogP contribution >= 0.6 is 0 Å². The van der Waals surface area contributed by atoms with Gasteiger partial charge in [-0.15, -0.1) is 10.2 Å². The zero-order valence-electron chi connectivity index (χ0n) is 15.4. The van der Waals surface area contributed by atoms with E-state index in [9.17, 15) is 4.79 Å². The number of nitrogens with zero attached hydrogens (tertiary/aromatic N) is 5. The van der Waals surface area contributed by atoms with Crippen molar-refractivity contribution in [2.45, 2.75) is 6.92 Å². The molecule has 29 heavy (non-hydrogen) atoms. The van der Waals surface area contributed by atoms with Gasteiger partial charge in [-0.2, -0.15) is 10.1 Å². The molecule has 3 aromatic heterocycles. The summed E-state index contributed by atoms with van der Waals surface area (Å²) in [6, 6.07) is 17.1. The first kappa shape index (κ1) is 16.9. The van der Waals surface area contributed by atoms with Gasteiger partial charge >= 0.3 is 0 Å². The van der Waals surface area contributed by atoms with Crippen LogP contribution in [0.5, 0.6) is 0 Å². The van der Waals surface area contributed by atoms with Gasteiger partial charge in [-0.1, -0.05) is 36.4 Å². The average molecular weight is 384 g/mol. The van der Waals surface area contributed by atoms with Crippen molar-refractivity contribution in [3.63, 3.8) is 0 Å². The van der Waals surface area contributed by atoms with E-state index in [0.717, 1.165) is 16.6 Å². The van der Waals surface area contributed by atoms with Crippen LogP contribution in [0.1, 0.15) is 11.3 Å². The van der Waals surface area contributed by atoms with Gasteiger partial charge in [-0.25, -0.2) is 10.1 Å². The van der Waals surface area contributed by atoms with Crippen molar-refractivity contribution in [2.24, 2.45) is 5.10 Å². The predicted octanol–water partition coefficient (Wildman–Crippen LogP) is 2.74. The second-order valence-corrected chi connectivity index (χ2v) is 6.50. The molecule has 0 aliphatic carbocycles. The van der Waals surface area contributed by atoms with Gasteiger partial charge in [0.25, 0.3) is 11.5 Å². The van der Waals surface area contributed by atoms with E-state index in [2.05, 4.69) is 35.8 Å². The third-order valence-corrected chi connectivity index (χ3v) is 4.61. The van der Waals surface area contributed by atoms with Crippen LogP contribution in [-0.2, 0) is 0 Å². The highest BCUT2D eigenvalue weighted by Gasteiger charge is 2.11. The number of hydrogen-bond donors (Lipinski definition) is 3. The number of rotatable bonds is 4. The Bertz CT molecular complexity index is 1410. The standard InChI is InChI=1S/C20H16N8O/c1-12-15(19(29)28(27-12)13-7-3-2-4-8-13)11-21-25-20-23-18-17(24-26-20)14-9-5-6-10-16(14)22-18/h2-11,27H,1H3,(H2,22,23,25,26)/b21-11+. The molecule has 142 valence electrons. The number of aromatic nitrogens is 6. The molecular formula is C20H16N8O. The van der Waals surface area contributed by atoms with Crippen molar-refractivity contribution in [3.05, 3.63) is 76.2 Å². The maximum Gasteiger partial charge on any atom is 0.280 e. The molecule has 0 atom stereocenters.